The molecule has 2 aromatic heterocycles. The summed E-state index contributed by atoms with van der Waals surface area (Å²) in [4.78, 5) is 0. The highest BCUT2D eigenvalue weighted by Gasteiger charge is 1.98. The zero-order valence-electron chi connectivity index (χ0n) is 6.01. The maximum atomic E-state index is 4.14. The highest BCUT2D eigenvalue weighted by Crippen LogP contribution is 2.04. The Morgan fingerprint density at radius 2 is 2.50 bits per heavy atom. The lowest BCUT2D eigenvalue weighted by atomic mass is 10.5. The molecule has 2 aromatic rings. The van der Waals surface area contributed by atoms with Gasteiger partial charge in [-0.25, -0.2) is 0 Å². The third-order valence-corrected chi connectivity index (χ3v) is 2.44. The van der Waals surface area contributed by atoms with Crippen LogP contribution in [0.25, 0.3) is 0 Å². The Kier molecular flexibility index (Phi) is 2.35. The van der Waals surface area contributed by atoms with Gasteiger partial charge in [-0.3, -0.25) is 4.68 Å². The van der Waals surface area contributed by atoms with E-state index >= 15 is 0 Å². The van der Waals surface area contributed by atoms with Crippen molar-refractivity contribution in [1.82, 2.24) is 19.4 Å². The summed E-state index contributed by atoms with van der Waals surface area (Å²) < 4.78 is 6.75. The Bertz CT molecular complexity index is 355. The lowest BCUT2D eigenvalue weighted by Gasteiger charge is -1.93. The van der Waals surface area contributed by atoms with Gasteiger partial charge < -0.3 is 0 Å². The minimum Gasteiger partial charge on any atom is -0.266 e. The van der Waals surface area contributed by atoms with E-state index in [1.165, 1.54) is 11.5 Å². The minimum absolute atomic E-state index is 0.708. The van der Waals surface area contributed by atoms with E-state index in [9.17, 15) is 0 Å². The second kappa shape index (κ2) is 3.48. The van der Waals surface area contributed by atoms with Crippen molar-refractivity contribution in [2.45, 2.75) is 6.54 Å². The summed E-state index contributed by atoms with van der Waals surface area (Å²) in [5.74, 6) is 0. The molecule has 0 N–H and O–H groups in total. The fraction of sp³-hybridized carbons (Fsp3) is 0.167. The Balaban J connectivity index is 2.14. The predicted molar refractivity (Wildman–Crippen MR) is 54.0 cm³/mol. The first-order valence-electron chi connectivity index (χ1n) is 3.28. The van der Waals surface area contributed by atoms with Gasteiger partial charge in [0.05, 0.1) is 22.0 Å². The molecule has 0 amide bonds. The van der Waals surface area contributed by atoms with E-state index in [0.717, 1.165) is 9.26 Å². The lowest BCUT2D eigenvalue weighted by molar-refractivity contribution is 0.670. The molecule has 0 aliphatic carbocycles. The molecule has 0 bridgehead atoms. The third kappa shape index (κ3) is 1.81. The molecule has 62 valence electrons. The zero-order valence-corrected chi connectivity index (χ0v) is 8.99. The van der Waals surface area contributed by atoms with Crippen LogP contribution in [0.15, 0.2) is 17.8 Å². The van der Waals surface area contributed by atoms with Crippen LogP contribution in [0.4, 0.5) is 0 Å². The average molecular weight is 292 g/mol. The van der Waals surface area contributed by atoms with E-state index < -0.39 is 0 Å². The van der Waals surface area contributed by atoms with Crippen LogP contribution in [0.1, 0.15) is 5.69 Å². The van der Waals surface area contributed by atoms with Crippen LogP contribution < -0.4 is 0 Å². The van der Waals surface area contributed by atoms with Crippen molar-refractivity contribution in [3.63, 3.8) is 0 Å². The Morgan fingerprint density at radius 3 is 3.08 bits per heavy atom. The summed E-state index contributed by atoms with van der Waals surface area (Å²) >= 11 is 3.59. The molecule has 0 saturated heterocycles. The molecule has 0 radical (unpaired) electrons. The lowest BCUT2D eigenvalue weighted by Crippen LogP contribution is -1.99. The zero-order chi connectivity index (χ0) is 8.39. The van der Waals surface area contributed by atoms with Crippen LogP contribution in [0.5, 0.6) is 0 Å². The third-order valence-electron chi connectivity index (χ3n) is 1.33. The van der Waals surface area contributed by atoms with E-state index in [1.807, 2.05) is 22.5 Å². The second-order valence-electron chi connectivity index (χ2n) is 2.25. The van der Waals surface area contributed by atoms with E-state index in [2.05, 4.69) is 37.3 Å². The van der Waals surface area contributed by atoms with Crippen LogP contribution in [-0.4, -0.2) is 19.4 Å². The van der Waals surface area contributed by atoms with Gasteiger partial charge in [0.1, 0.15) is 0 Å². The first-order valence-corrected chi connectivity index (χ1v) is 5.20. The fourth-order valence-electron chi connectivity index (χ4n) is 0.844. The number of hydrogen-bond acceptors (Lipinski definition) is 4. The Labute approximate surface area is 86.9 Å². The van der Waals surface area contributed by atoms with Crippen molar-refractivity contribution in [3.8, 4) is 0 Å². The molecular formula is C6H5IN4S. The maximum Gasteiger partial charge on any atom is 0.0970 e. The number of aromatic nitrogens is 4. The first-order chi connectivity index (χ1) is 5.84. The summed E-state index contributed by atoms with van der Waals surface area (Å²) in [6.07, 6.45) is 3.79. The van der Waals surface area contributed by atoms with Gasteiger partial charge in [0.15, 0.2) is 0 Å². The smallest absolute Gasteiger partial charge is 0.0970 e. The van der Waals surface area contributed by atoms with Crippen molar-refractivity contribution in [2.75, 3.05) is 0 Å². The molecule has 0 aliphatic heterocycles. The highest BCUT2D eigenvalue weighted by atomic mass is 127. The summed E-state index contributed by atoms with van der Waals surface area (Å²) in [5, 5.41) is 9.99. The normalized spacial score (nSPS) is 10.4. The van der Waals surface area contributed by atoms with Gasteiger partial charge in [0.25, 0.3) is 0 Å². The number of halogens is 1. The van der Waals surface area contributed by atoms with Crippen molar-refractivity contribution in [1.29, 1.82) is 0 Å². The summed E-state index contributed by atoms with van der Waals surface area (Å²) in [6, 6.07) is 0. The van der Waals surface area contributed by atoms with Gasteiger partial charge in [0, 0.05) is 11.6 Å². The fourth-order valence-corrected chi connectivity index (χ4v) is 1.73. The quantitative estimate of drug-likeness (QED) is 0.786. The molecule has 2 rings (SSSR count). The van der Waals surface area contributed by atoms with Crippen molar-refractivity contribution in [2.24, 2.45) is 0 Å². The monoisotopic (exact) mass is 292 g/mol. The minimum atomic E-state index is 0.708. The van der Waals surface area contributed by atoms with Gasteiger partial charge in [-0.1, -0.05) is 4.49 Å². The molecule has 0 aliphatic rings. The maximum absolute atomic E-state index is 4.14. The molecule has 0 saturated carbocycles. The van der Waals surface area contributed by atoms with Gasteiger partial charge in [0.2, 0.25) is 0 Å². The van der Waals surface area contributed by atoms with Crippen LogP contribution in [-0.2, 0) is 6.54 Å². The summed E-state index contributed by atoms with van der Waals surface area (Å²) in [7, 11) is 0. The van der Waals surface area contributed by atoms with Crippen LogP contribution >= 0.6 is 34.1 Å². The summed E-state index contributed by atoms with van der Waals surface area (Å²) in [6.45, 7) is 0.708. The predicted octanol–water partition coefficient (Wildman–Crippen LogP) is 1.39. The van der Waals surface area contributed by atoms with Gasteiger partial charge >= 0.3 is 0 Å². The Morgan fingerprint density at radius 1 is 1.58 bits per heavy atom. The molecule has 0 spiro atoms. The number of rotatable bonds is 2. The molecule has 0 unspecified atom stereocenters. The highest BCUT2D eigenvalue weighted by molar-refractivity contribution is 14.1. The molecular weight excluding hydrogens is 287 g/mol. The molecule has 0 aromatic carbocycles. The summed E-state index contributed by atoms with van der Waals surface area (Å²) in [5.41, 5.74) is 0.958. The van der Waals surface area contributed by atoms with Gasteiger partial charge in [-0.05, 0) is 34.1 Å². The van der Waals surface area contributed by atoms with Crippen LogP contribution in [0.2, 0.25) is 0 Å². The second-order valence-corrected chi connectivity index (χ2v) is 4.11. The molecule has 0 fully saturated rings. The standard InChI is InChI=1S/C6H5IN4S/c7-5-1-8-11(2-5)3-6-4-12-10-9-6/h1-2,4H,3H2. The molecule has 12 heavy (non-hydrogen) atoms. The van der Waals surface area contributed by atoms with E-state index in [0.29, 0.717) is 6.54 Å². The largest absolute Gasteiger partial charge is 0.266 e. The first kappa shape index (κ1) is 8.11. The van der Waals surface area contributed by atoms with Crippen LogP contribution in [0, 0.1) is 3.57 Å². The Hall–Kier alpha value is -0.500. The van der Waals surface area contributed by atoms with Gasteiger partial charge in [-0.2, -0.15) is 5.10 Å². The van der Waals surface area contributed by atoms with Crippen molar-refractivity contribution >= 4 is 34.1 Å². The molecule has 6 heteroatoms. The average Bonchev–Trinajstić information content (AvgIpc) is 2.63. The van der Waals surface area contributed by atoms with E-state index in [4.69, 9.17) is 0 Å². The number of nitrogens with zero attached hydrogens (tertiary/aromatic N) is 4. The number of hydrogen-bond donors (Lipinski definition) is 0. The van der Waals surface area contributed by atoms with Crippen molar-refractivity contribution in [3.05, 3.63) is 27.0 Å². The van der Waals surface area contributed by atoms with Gasteiger partial charge in [-0.15, -0.1) is 5.10 Å². The van der Waals surface area contributed by atoms with E-state index in [1.54, 1.807) is 0 Å². The SMILES string of the molecule is Ic1cnn(Cc2csnn2)c1. The van der Waals surface area contributed by atoms with Crippen molar-refractivity contribution < 1.29 is 0 Å². The molecule has 4 nitrogen and oxygen atoms in total. The van der Waals surface area contributed by atoms with E-state index in [-0.39, 0.29) is 0 Å². The van der Waals surface area contributed by atoms with Crippen LogP contribution in [0.3, 0.4) is 0 Å². The topological polar surface area (TPSA) is 43.6 Å². The molecule has 2 heterocycles. The molecule has 0 atom stereocenters.